The van der Waals surface area contributed by atoms with Crippen LogP contribution in [0, 0.1) is 13.8 Å². The zero-order chi connectivity index (χ0) is 33.2. The van der Waals surface area contributed by atoms with Crippen molar-refractivity contribution in [2.45, 2.75) is 73.1 Å². The molecule has 0 saturated heterocycles. The van der Waals surface area contributed by atoms with Crippen molar-refractivity contribution in [3.05, 3.63) is 137 Å². The van der Waals surface area contributed by atoms with Gasteiger partial charge in [-0.3, -0.25) is 0 Å². The molecule has 0 aromatic heterocycles. The van der Waals surface area contributed by atoms with Crippen LogP contribution in [0.15, 0.2) is 119 Å². The number of rotatable bonds is 5. The lowest BCUT2D eigenvalue weighted by Gasteiger charge is -2.20. The maximum atomic E-state index is 6.01. The molecule has 0 spiro atoms. The first-order chi connectivity index (χ1) is 21.7. The van der Waals surface area contributed by atoms with Crippen LogP contribution in [0.5, 0.6) is 0 Å². The van der Waals surface area contributed by atoms with Crippen LogP contribution in [-0.2, 0) is 10.8 Å². The van der Waals surface area contributed by atoms with E-state index in [-0.39, 0.29) is 10.8 Å². The van der Waals surface area contributed by atoms with Crippen molar-refractivity contribution >= 4 is 17.4 Å². The van der Waals surface area contributed by atoms with E-state index in [1.165, 1.54) is 38.9 Å². The Kier molecular flexibility index (Phi) is 9.17. The SMILES string of the molecule is CC(N)=NC(=Nc1c(C)cc(-c2cc(-c3ccc(C(C)(C)C)cc3)cc(-c3ccc(C(C)(C)C)cc3)c2)cc1C)c1ccccc1. The number of hydrogen-bond donors (Lipinski definition) is 1. The summed E-state index contributed by atoms with van der Waals surface area (Å²) < 4.78 is 0. The van der Waals surface area contributed by atoms with Crippen LogP contribution in [0.3, 0.4) is 0 Å². The Hall–Kier alpha value is -4.76. The molecular weight excluding hydrogens is 558 g/mol. The number of nitrogens with zero attached hydrogens (tertiary/aromatic N) is 2. The van der Waals surface area contributed by atoms with Crippen molar-refractivity contribution in [2.75, 3.05) is 0 Å². The Balaban J connectivity index is 1.64. The molecule has 5 aromatic carbocycles. The highest BCUT2D eigenvalue weighted by Crippen LogP contribution is 2.37. The standard InChI is InChI=1S/C43H47N3/c1-28-23-34(24-29(2)40(28)46-41(45-30(3)44)33-13-11-10-12-14-33)37-26-35(31-15-19-38(20-16-31)42(4,5)6)25-36(27-37)32-17-21-39(22-18-32)43(7,8)9/h10-27H,1-9H3,(H2,44,45,46). The van der Waals surface area contributed by atoms with Gasteiger partial charge >= 0.3 is 0 Å². The van der Waals surface area contributed by atoms with Gasteiger partial charge in [0.25, 0.3) is 0 Å². The molecule has 0 aliphatic carbocycles. The number of nitrogens with two attached hydrogens (primary N) is 1. The first-order valence-corrected chi connectivity index (χ1v) is 16.1. The van der Waals surface area contributed by atoms with Gasteiger partial charge in [-0.05, 0) is 118 Å². The van der Waals surface area contributed by atoms with Crippen LogP contribution < -0.4 is 5.73 Å². The molecule has 3 heteroatoms. The van der Waals surface area contributed by atoms with Gasteiger partial charge in [0.05, 0.1) is 11.5 Å². The van der Waals surface area contributed by atoms with Crippen molar-refractivity contribution in [2.24, 2.45) is 15.7 Å². The molecule has 0 heterocycles. The first kappa shape index (κ1) is 32.6. The predicted molar refractivity (Wildman–Crippen MR) is 200 cm³/mol. The van der Waals surface area contributed by atoms with Crippen LogP contribution in [0.1, 0.15) is 76.3 Å². The van der Waals surface area contributed by atoms with E-state index < -0.39 is 0 Å². The molecule has 0 saturated carbocycles. The third kappa shape index (κ3) is 7.54. The summed E-state index contributed by atoms with van der Waals surface area (Å²) in [7, 11) is 0. The van der Waals surface area contributed by atoms with E-state index in [9.17, 15) is 0 Å². The predicted octanol–water partition coefficient (Wildman–Crippen LogP) is 11.4. The molecule has 46 heavy (non-hydrogen) atoms. The van der Waals surface area contributed by atoms with Crippen molar-refractivity contribution in [1.82, 2.24) is 0 Å². The lowest BCUT2D eigenvalue weighted by molar-refractivity contribution is 0.590. The van der Waals surface area contributed by atoms with E-state index in [1.54, 1.807) is 6.92 Å². The second-order valence-corrected chi connectivity index (χ2v) is 14.5. The average Bonchev–Trinajstić information content (AvgIpc) is 3.01. The smallest absolute Gasteiger partial charge is 0.161 e. The molecule has 0 fully saturated rings. The van der Waals surface area contributed by atoms with Gasteiger partial charge in [-0.1, -0.05) is 120 Å². The highest BCUT2D eigenvalue weighted by Gasteiger charge is 2.16. The van der Waals surface area contributed by atoms with Gasteiger partial charge in [-0.25, -0.2) is 9.98 Å². The van der Waals surface area contributed by atoms with Crippen LogP contribution in [0.2, 0.25) is 0 Å². The van der Waals surface area contributed by atoms with E-state index in [1.807, 2.05) is 30.3 Å². The number of hydrogen-bond acceptors (Lipinski definition) is 1. The van der Waals surface area contributed by atoms with Gasteiger partial charge in [0.15, 0.2) is 5.84 Å². The molecule has 0 atom stereocenters. The van der Waals surface area contributed by atoms with Gasteiger partial charge in [-0.15, -0.1) is 0 Å². The molecule has 234 valence electrons. The quantitative estimate of drug-likeness (QED) is 0.157. The lowest BCUT2D eigenvalue weighted by atomic mass is 9.85. The molecule has 0 radical (unpaired) electrons. The minimum Gasteiger partial charge on any atom is -0.387 e. The molecule has 2 N–H and O–H groups in total. The maximum absolute atomic E-state index is 6.01. The van der Waals surface area contributed by atoms with Gasteiger partial charge < -0.3 is 5.73 Å². The molecule has 0 amide bonds. The van der Waals surface area contributed by atoms with Gasteiger partial charge in [0, 0.05) is 5.56 Å². The Morgan fingerprint density at radius 2 is 0.913 bits per heavy atom. The van der Waals surface area contributed by atoms with E-state index in [2.05, 4.69) is 139 Å². The Morgan fingerprint density at radius 1 is 0.522 bits per heavy atom. The van der Waals surface area contributed by atoms with Crippen molar-refractivity contribution in [1.29, 1.82) is 0 Å². The number of aryl methyl sites for hydroxylation is 2. The minimum atomic E-state index is 0.105. The highest BCUT2D eigenvalue weighted by molar-refractivity contribution is 6.07. The van der Waals surface area contributed by atoms with Gasteiger partial charge in [0.1, 0.15) is 0 Å². The van der Waals surface area contributed by atoms with Crippen LogP contribution in [0.4, 0.5) is 5.69 Å². The number of benzene rings is 5. The summed E-state index contributed by atoms with van der Waals surface area (Å²) in [4.78, 5) is 9.62. The summed E-state index contributed by atoms with van der Waals surface area (Å²) in [6.45, 7) is 19.6. The third-order valence-corrected chi connectivity index (χ3v) is 8.46. The molecule has 0 bridgehead atoms. The third-order valence-electron chi connectivity index (χ3n) is 8.46. The van der Waals surface area contributed by atoms with Gasteiger partial charge in [-0.2, -0.15) is 0 Å². The molecular formula is C43H47N3. The molecule has 0 unspecified atom stereocenters. The fraction of sp³-hybridized carbons (Fsp3) is 0.256. The van der Waals surface area contributed by atoms with Crippen molar-refractivity contribution in [3.8, 4) is 33.4 Å². The fourth-order valence-electron chi connectivity index (χ4n) is 5.77. The summed E-state index contributed by atoms with van der Waals surface area (Å²) in [5.74, 6) is 1.09. The molecule has 3 nitrogen and oxygen atoms in total. The second-order valence-electron chi connectivity index (χ2n) is 14.5. The largest absolute Gasteiger partial charge is 0.387 e. The highest BCUT2D eigenvalue weighted by atomic mass is 15.0. The first-order valence-electron chi connectivity index (χ1n) is 16.1. The summed E-state index contributed by atoms with van der Waals surface area (Å²) in [6, 6.07) is 39.5. The normalized spacial score (nSPS) is 12.8. The zero-order valence-electron chi connectivity index (χ0n) is 28.9. The molecule has 0 aliphatic heterocycles. The van der Waals surface area contributed by atoms with Crippen molar-refractivity contribution < 1.29 is 0 Å². The molecule has 5 aromatic rings. The van der Waals surface area contributed by atoms with Crippen molar-refractivity contribution in [3.63, 3.8) is 0 Å². The maximum Gasteiger partial charge on any atom is 0.161 e. The van der Waals surface area contributed by atoms with Crippen LogP contribution >= 0.6 is 0 Å². The zero-order valence-corrected chi connectivity index (χ0v) is 28.9. The Bertz CT molecular complexity index is 1790. The second kappa shape index (κ2) is 12.9. The molecule has 5 rings (SSSR count). The number of amidine groups is 2. The lowest BCUT2D eigenvalue weighted by Crippen LogP contribution is -2.10. The van der Waals surface area contributed by atoms with Crippen LogP contribution in [-0.4, -0.2) is 11.7 Å². The van der Waals surface area contributed by atoms with E-state index in [0.29, 0.717) is 11.7 Å². The Morgan fingerprint density at radius 3 is 1.30 bits per heavy atom. The summed E-state index contributed by atoms with van der Waals surface area (Å²) in [5.41, 5.74) is 20.1. The summed E-state index contributed by atoms with van der Waals surface area (Å²) >= 11 is 0. The van der Waals surface area contributed by atoms with Gasteiger partial charge in [0.2, 0.25) is 0 Å². The average molecular weight is 606 g/mol. The molecule has 0 aliphatic rings. The van der Waals surface area contributed by atoms with E-state index >= 15 is 0 Å². The minimum absolute atomic E-state index is 0.105. The Labute approximate surface area is 276 Å². The topological polar surface area (TPSA) is 50.7 Å². The summed E-state index contributed by atoms with van der Waals surface area (Å²) in [6.07, 6.45) is 0. The monoisotopic (exact) mass is 605 g/mol. The fourth-order valence-corrected chi connectivity index (χ4v) is 5.77. The number of aliphatic imine (C=N–C) groups is 2. The van der Waals surface area contributed by atoms with E-state index in [4.69, 9.17) is 10.7 Å². The summed E-state index contributed by atoms with van der Waals surface area (Å²) in [5, 5.41) is 0. The van der Waals surface area contributed by atoms with Crippen LogP contribution in [0.25, 0.3) is 33.4 Å². The van der Waals surface area contributed by atoms with E-state index in [0.717, 1.165) is 27.9 Å².